The first-order chi connectivity index (χ1) is 10.9. The van der Waals surface area contributed by atoms with Crippen molar-refractivity contribution >= 4 is 6.08 Å². The maximum absolute atomic E-state index is 2.40. The molecule has 0 N–H and O–H groups in total. The molecule has 0 atom stereocenters. The van der Waals surface area contributed by atoms with E-state index in [2.05, 4.69) is 78.9 Å². The van der Waals surface area contributed by atoms with Crippen molar-refractivity contribution in [1.82, 2.24) is 0 Å². The summed E-state index contributed by atoms with van der Waals surface area (Å²) in [6, 6.07) is 26.5. The van der Waals surface area contributed by atoms with Crippen LogP contribution in [0.2, 0.25) is 0 Å². The number of allylic oxidation sites excluding steroid dienone is 1. The summed E-state index contributed by atoms with van der Waals surface area (Å²) in [5.74, 6) is 0.416. The number of fused-ring (bicyclic) bond motifs is 4. The lowest BCUT2D eigenvalue weighted by molar-refractivity contribution is 0.944. The molecule has 0 saturated heterocycles. The van der Waals surface area contributed by atoms with E-state index in [0.29, 0.717) is 5.92 Å². The van der Waals surface area contributed by atoms with E-state index in [9.17, 15) is 0 Å². The maximum Gasteiger partial charge on any atom is 0.0317 e. The summed E-state index contributed by atoms with van der Waals surface area (Å²) < 4.78 is 0. The van der Waals surface area contributed by atoms with Crippen LogP contribution in [0, 0.1) is 0 Å². The van der Waals surface area contributed by atoms with Crippen molar-refractivity contribution in [2.45, 2.75) is 12.3 Å². The molecule has 3 aromatic rings. The van der Waals surface area contributed by atoms with Gasteiger partial charge in [-0.05, 0) is 39.8 Å². The fraction of sp³-hybridized carbons (Fsp3) is 0.0909. The van der Waals surface area contributed by atoms with Crippen molar-refractivity contribution in [1.29, 1.82) is 0 Å². The summed E-state index contributed by atoms with van der Waals surface area (Å²) in [6.45, 7) is 0. The number of hydrogen-bond acceptors (Lipinski definition) is 0. The third-order valence-electron chi connectivity index (χ3n) is 5.00. The molecule has 104 valence electrons. The minimum atomic E-state index is 0.416. The standard InChI is InChI=1S/C22H16/c1-2-8-16-14-17(13-15(16)7-1)22-20-11-5-3-9-18(20)19-10-4-6-12-21(19)22/h1-13,22H,14H2. The summed E-state index contributed by atoms with van der Waals surface area (Å²) in [6.07, 6.45) is 3.47. The van der Waals surface area contributed by atoms with Crippen molar-refractivity contribution in [3.05, 3.63) is 101 Å². The van der Waals surface area contributed by atoms with Crippen LogP contribution in [0.4, 0.5) is 0 Å². The van der Waals surface area contributed by atoms with E-state index in [0.717, 1.165) is 6.42 Å². The van der Waals surface area contributed by atoms with Gasteiger partial charge in [0, 0.05) is 5.92 Å². The minimum Gasteiger partial charge on any atom is -0.0619 e. The minimum absolute atomic E-state index is 0.416. The molecule has 5 rings (SSSR count). The van der Waals surface area contributed by atoms with Crippen LogP contribution in [0.5, 0.6) is 0 Å². The van der Waals surface area contributed by atoms with E-state index < -0.39 is 0 Å². The Balaban J connectivity index is 1.70. The van der Waals surface area contributed by atoms with E-state index >= 15 is 0 Å². The average Bonchev–Trinajstić information content (AvgIpc) is 3.13. The van der Waals surface area contributed by atoms with Crippen LogP contribution in [0.15, 0.2) is 78.4 Å². The molecule has 0 nitrogen and oxygen atoms in total. The SMILES string of the molecule is C1=C(C2c3ccccc3-c3ccccc32)Cc2ccccc21. The molecule has 2 aliphatic rings. The largest absolute Gasteiger partial charge is 0.0619 e. The molecule has 3 aromatic carbocycles. The van der Waals surface area contributed by atoms with Gasteiger partial charge in [0.1, 0.15) is 0 Å². The molecule has 0 amide bonds. The Kier molecular flexibility index (Phi) is 2.42. The predicted octanol–water partition coefficient (Wildman–Crippen LogP) is 5.44. The van der Waals surface area contributed by atoms with Gasteiger partial charge in [-0.2, -0.15) is 0 Å². The molecule has 22 heavy (non-hydrogen) atoms. The van der Waals surface area contributed by atoms with Gasteiger partial charge in [-0.3, -0.25) is 0 Å². The highest BCUT2D eigenvalue weighted by Gasteiger charge is 2.32. The third kappa shape index (κ3) is 1.58. The second-order valence-corrected chi connectivity index (χ2v) is 6.20. The molecule has 0 heterocycles. The first-order valence-corrected chi connectivity index (χ1v) is 7.88. The molecule has 2 aliphatic carbocycles. The summed E-state index contributed by atoms with van der Waals surface area (Å²) >= 11 is 0. The zero-order valence-electron chi connectivity index (χ0n) is 12.3. The van der Waals surface area contributed by atoms with Crippen LogP contribution < -0.4 is 0 Å². The molecular formula is C22H16. The van der Waals surface area contributed by atoms with Crippen LogP contribution in [0.25, 0.3) is 17.2 Å². The molecule has 0 spiro atoms. The van der Waals surface area contributed by atoms with Crippen LogP contribution in [-0.2, 0) is 6.42 Å². The van der Waals surface area contributed by atoms with Gasteiger partial charge in [-0.15, -0.1) is 0 Å². The Morgan fingerprint density at radius 1 is 0.636 bits per heavy atom. The smallest absolute Gasteiger partial charge is 0.0317 e. The Morgan fingerprint density at radius 2 is 1.23 bits per heavy atom. The summed E-state index contributed by atoms with van der Waals surface area (Å²) in [4.78, 5) is 0. The van der Waals surface area contributed by atoms with E-state index in [1.54, 1.807) is 0 Å². The molecule has 0 radical (unpaired) electrons. The van der Waals surface area contributed by atoms with E-state index in [1.807, 2.05) is 0 Å². The highest BCUT2D eigenvalue weighted by Crippen LogP contribution is 2.50. The van der Waals surface area contributed by atoms with Gasteiger partial charge in [0.25, 0.3) is 0 Å². The molecule has 0 aromatic heterocycles. The molecule has 0 heteroatoms. The van der Waals surface area contributed by atoms with Crippen molar-refractivity contribution in [3.8, 4) is 11.1 Å². The lowest BCUT2D eigenvalue weighted by Gasteiger charge is -2.15. The Hall–Kier alpha value is -2.60. The summed E-state index contributed by atoms with van der Waals surface area (Å²) in [5, 5.41) is 0. The van der Waals surface area contributed by atoms with Gasteiger partial charge in [0.2, 0.25) is 0 Å². The number of benzene rings is 3. The zero-order chi connectivity index (χ0) is 14.5. The fourth-order valence-corrected chi connectivity index (χ4v) is 4.05. The lowest BCUT2D eigenvalue weighted by atomic mass is 9.88. The molecule has 0 aliphatic heterocycles. The van der Waals surface area contributed by atoms with E-state index in [1.165, 1.54) is 39.0 Å². The van der Waals surface area contributed by atoms with Crippen molar-refractivity contribution in [3.63, 3.8) is 0 Å². The van der Waals surface area contributed by atoms with Crippen molar-refractivity contribution in [2.24, 2.45) is 0 Å². The van der Waals surface area contributed by atoms with Crippen LogP contribution in [0.3, 0.4) is 0 Å². The third-order valence-corrected chi connectivity index (χ3v) is 5.00. The first kappa shape index (κ1) is 12.0. The quantitative estimate of drug-likeness (QED) is 0.557. The predicted molar refractivity (Wildman–Crippen MR) is 91.8 cm³/mol. The fourth-order valence-electron chi connectivity index (χ4n) is 4.05. The second-order valence-electron chi connectivity index (χ2n) is 6.20. The van der Waals surface area contributed by atoms with Gasteiger partial charge in [-0.25, -0.2) is 0 Å². The normalized spacial score (nSPS) is 15.2. The molecule has 0 bridgehead atoms. The summed E-state index contributed by atoms with van der Waals surface area (Å²) in [7, 11) is 0. The number of rotatable bonds is 1. The van der Waals surface area contributed by atoms with Crippen molar-refractivity contribution < 1.29 is 0 Å². The van der Waals surface area contributed by atoms with E-state index in [4.69, 9.17) is 0 Å². The highest BCUT2D eigenvalue weighted by atomic mass is 14.3. The van der Waals surface area contributed by atoms with Crippen LogP contribution in [-0.4, -0.2) is 0 Å². The Labute approximate surface area is 130 Å². The molecule has 0 unspecified atom stereocenters. The first-order valence-electron chi connectivity index (χ1n) is 7.88. The van der Waals surface area contributed by atoms with Gasteiger partial charge in [-0.1, -0.05) is 84.4 Å². The molecule has 0 fully saturated rings. The van der Waals surface area contributed by atoms with Gasteiger partial charge < -0.3 is 0 Å². The van der Waals surface area contributed by atoms with Crippen LogP contribution in [0.1, 0.15) is 28.2 Å². The molecular weight excluding hydrogens is 264 g/mol. The summed E-state index contributed by atoms with van der Waals surface area (Å²) in [5.41, 5.74) is 10.1. The number of hydrogen-bond donors (Lipinski definition) is 0. The van der Waals surface area contributed by atoms with Crippen molar-refractivity contribution in [2.75, 3.05) is 0 Å². The van der Waals surface area contributed by atoms with Gasteiger partial charge in [0.05, 0.1) is 0 Å². The monoisotopic (exact) mass is 280 g/mol. The Morgan fingerprint density at radius 3 is 1.91 bits per heavy atom. The van der Waals surface area contributed by atoms with E-state index in [-0.39, 0.29) is 0 Å². The molecule has 0 saturated carbocycles. The maximum atomic E-state index is 2.40. The highest BCUT2D eigenvalue weighted by molar-refractivity contribution is 5.82. The second kappa shape index (κ2) is 4.45. The lowest BCUT2D eigenvalue weighted by Crippen LogP contribution is -2.01. The topological polar surface area (TPSA) is 0 Å². The van der Waals surface area contributed by atoms with Crippen LogP contribution >= 0.6 is 0 Å². The van der Waals surface area contributed by atoms with Gasteiger partial charge >= 0.3 is 0 Å². The average molecular weight is 280 g/mol. The van der Waals surface area contributed by atoms with Gasteiger partial charge in [0.15, 0.2) is 0 Å². The Bertz CT molecular complexity index is 869. The zero-order valence-corrected chi connectivity index (χ0v) is 12.3.